The summed E-state index contributed by atoms with van der Waals surface area (Å²) in [6, 6.07) is 10.7. The van der Waals surface area contributed by atoms with Gasteiger partial charge in [-0.2, -0.15) is 0 Å². The molecule has 0 atom stereocenters. The van der Waals surface area contributed by atoms with Crippen LogP contribution in [-0.4, -0.2) is 40.2 Å². The highest BCUT2D eigenvalue weighted by atomic mass is 28.4. The molecule has 5 nitrogen and oxygen atoms in total. The number of hydrogen-bond donors (Lipinski definition) is 0. The van der Waals surface area contributed by atoms with E-state index >= 15 is 0 Å². The van der Waals surface area contributed by atoms with Crippen molar-refractivity contribution in [3.8, 4) is 5.75 Å². The van der Waals surface area contributed by atoms with Crippen LogP contribution in [0.25, 0.3) is 10.9 Å². The molecule has 6 heteroatoms. The molecule has 0 unspecified atom stereocenters. The third-order valence-electron chi connectivity index (χ3n) is 3.57. The molecule has 0 bridgehead atoms. The molecule has 0 saturated heterocycles. The molecule has 1 heterocycles. The molecule has 0 saturated carbocycles. The molecule has 0 aliphatic heterocycles. The van der Waals surface area contributed by atoms with Gasteiger partial charge >= 0.3 is 8.80 Å². The molecule has 1 aromatic carbocycles. The molecular weight excluding hydrogens is 322 g/mol. The zero-order chi connectivity index (χ0) is 17.3. The van der Waals surface area contributed by atoms with E-state index in [2.05, 4.69) is 4.98 Å². The zero-order valence-corrected chi connectivity index (χ0v) is 15.8. The van der Waals surface area contributed by atoms with Gasteiger partial charge in [0, 0.05) is 37.4 Å². The third kappa shape index (κ3) is 5.01. The number of fused-ring (bicyclic) bond motifs is 1. The highest BCUT2D eigenvalue weighted by Crippen LogP contribution is 2.24. The van der Waals surface area contributed by atoms with Crippen molar-refractivity contribution in [3.63, 3.8) is 0 Å². The lowest BCUT2D eigenvalue weighted by Crippen LogP contribution is -2.46. The molecule has 0 aliphatic rings. The van der Waals surface area contributed by atoms with E-state index in [1.54, 1.807) is 6.20 Å². The summed E-state index contributed by atoms with van der Waals surface area (Å²) in [6.45, 7) is 8.28. The molecule has 132 valence electrons. The largest absolute Gasteiger partial charge is 0.501 e. The van der Waals surface area contributed by atoms with Crippen LogP contribution in [0.4, 0.5) is 0 Å². The lowest BCUT2D eigenvalue weighted by atomic mass is 10.2. The van der Waals surface area contributed by atoms with E-state index in [4.69, 9.17) is 18.0 Å². The van der Waals surface area contributed by atoms with Gasteiger partial charge in [-0.05, 0) is 39.3 Å². The quantitative estimate of drug-likeness (QED) is 0.452. The minimum atomic E-state index is -2.58. The Morgan fingerprint density at radius 2 is 1.58 bits per heavy atom. The van der Waals surface area contributed by atoms with Crippen LogP contribution in [-0.2, 0) is 13.3 Å². The van der Waals surface area contributed by atoms with Gasteiger partial charge in [0.05, 0.1) is 6.61 Å². The minimum Gasteiger partial charge on any atom is -0.491 e. The van der Waals surface area contributed by atoms with Crippen LogP contribution in [0.5, 0.6) is 5.75 Å². The Labute approximate surface area is 145 Å². The van der Waals surface area contributed by atoms with E-state index in [0.717, 1.165) is 29.1 Å². The van der Waals surface area contributed by atoms with Gasteiger partial charge in [0.25, 0.3) is 0 Å². The molecular formula is C18H27NO4Si. The van der Waals surface area contributed by atoms with Crippen LogP contribution < -0.4 is 4.74 Å². The molecule has 0 amide bonds. The standard InChI is InChI=1S/C18H27NO4Si/c1-4-21-24(22-5-2,23-6-3)15-9-14-20-17-12-7-10-16-11-8-13-19-18(16)17/h7-8,10-13H,4-6,9,14-15H2,1-3H3. The summed E-state index contributed by atoms with van der Waals surface area (Å²) in [4.78, 5) is 4.41. The van der Waals surface area contributed by atoms with Gasteiger partial charge in [-0.1, -0.05) is 18.2 Å². The Bertz CT molecular complexity index is 600. The van der Waals surface area contributed by atoms with E-state index < -0.39 is 8.80 Å². The smallest absolute Gasteiger partial charge is 0.491 e. The fraction of sp³-hybridized carbons (Fsp3) is 0.500. The predicted molar refractivity (Wildman–Crippen MR) is 97.3 cm³/mol. The van der Waals surface area contributed by atoms with Crippen molar-refractivity contribution in [2.24, 2.45) is 0 Å². The topological polar surface area (TPSA) is 49.8 Å². The van der Waals surface area contributed by atoms with Gasteiger partial charge in [0.15, 0.2) is 0 Å². The molecule has 0 fully saturated rings. The van der Waals surface area contributed by atoms with Crippen LogP contribution >= 0.6 is 0 Å². The summed E-state index contributed by atoms with van der Waals surface area (Å²) in [5.74, 6) is 0.810. The monoisotopic (exact) mass is 349 g/mol. The number of benzene rings is 1. The van der Waals surface area contributed by atoms with Gasteiger partial charge in [-0.3, -0.25) is 4.98 Å². The number of hydrogen-bond acceptors (Lipinski definition) is 5. The maximum Gasteiger partial charge on any atom is 0.501 e. The van der Waals surface area contributed by atoms with Crippen LogP contribution in [0, 0.1) is 0 Å². The van der Waals surface area contributed by atoms with Gasteiger partial charge < -0.3 is 18.0 Å². The first kappa shape index (κ1) is 18.9. The first-order chi connectivity index (χ1) is 11.7. The third-order valence-corrected chi connectivity index (χ3v) is 6.72. The summed E-state index contributed by atoms with van der Waals surface area (Å²) in [7, 11) is -2.58. The van der Waals surface area contributed by atoms with Crippen molar-refractivity contribution in [2.75, 3.05) is 26.4 Å². The van der Waals surface area contributed by atoms with Gasteiger partial charge in [-0.25, -0.2) is 0 Å². The number of pyridine rings is 1. The van der Waals surface area contributed by atoms with Gasteiger partial charge in [-0.15, -0.1) is 0 Å². The number of ether oxygens (including phenoxy) is 1. The second-order valence-electron chi connectivity index (χ2n) is 5.27. The predicted octanol–water partition coefficient (Wildman–Crippen LogP) is 4.05. The van der Waals surface area contributed by atoms with Crippen molar-refractivity contribution >= 4 is 19.7 Å². The highest BCUT2D eigenvalue weighted by molar-refractivity contribution is 6.60. The van der Waals surface area contributed by atoms with Crippen molar-refractivity contribution in [3.05, 3.63) is 36.5 Å². The molecule has 2 rings (SSSR count). The molecule has 2 aromatic rings. The maximum absolute atomic E-state index is 5.94. The fourth-order valence-corrected chi connectivity index (χ4v) is 5.24. The van der Waals surface area contributed by atoms with E-state index in [1.165, 1.54) is 0 Å². The number of para-hydroxylation sites is 1. The zero-order valence-electron chi connectivity index (χ0n) is 14.8. The Hall–Kier alpha value is -1.47. The average molecular weight is 350 g/mol. The van der Waals surface area contributed by atoms with Crippen LogP contribution in [0.15, 0.2) is 36.5 Å². The number of aromatic nitrogens is 1. The normalized spacial score (nSPS) is 11.8. The lowest BCUT2D eigenvalue weighted by molar-refractivity contribution is 0.0697. The fourth-order valence-electron chi connectivity index (χ4n) is 2.66. The second-order valence-corrected chi connectivity index (χ2v) is 8.00. The summed E-state index contributed by atoms with van der Waals surface area (Å²) >= 11 is 0. The first-order valence-corrected chi connectivity index (χ1v) is 10.6. The Balaban J connectivity index is 1.94. The number of rotatable bonds is 11. The van der Waals surface area contributed by atoms with Crippen LogP contribution in [0.1, 0.15) is 27.2 Å². The first-order valence-electron chi connectivity index (χ1n) is 8.63. The van der Waals surface area contributed by atoms with Gasteiger partial charge in [0.1, 0.15) is 11.3 Å². The minimum absolute atomic E-state index is 0.581. The molecule has 0 N–H and O–H groups in total. The maximum atomic E-state index is 5.94. The summed E-state index contributed by atoms with van der Waals surface area (Å²) in [6.07, 6.45) is 2.60. The van der Waals surface area contributed by atoms with Crippen molar-refractivity contribution < 1.29 is 18.0 Å². The van der Waals surface area contributed by atoms with Crippen molar-refractivity contribution in [2.45, 2.75) is 33.2 Å². The Morgan fingerprint density at radius 3 is 2.25 bits per heavy atom. The summed E-state index contributed by atoms with van der Waals surface area (Å²) in [5, 5.41) is 1.08. The lowest BCUT2D eigenvalue weighted by Gasteiger charge is -2.28. The van der Waals surface area contributed by atoms with E-state index in [0.29, 0.717) is 26.4 Å². The summed E-state index contributed by atoms with van der Waals surface area (Å²) < 4.78 is 23.5. The Morgan fingerprint density at radius 1 is 0.917 bits per heavy atom. The molecule has 0 spiro atoms. The Kier molecular flexibility index (Phi) is 7.65. The van der Waals surface area contributed by atoms with Gasteiger partial charge in [0.2, 0.25) is 0 Å². The van der Waals surface area contributed by atoms with Crippen LogP contribution in [0.3, 0.4) is 0 Å². The molecule has 24 heavy (non-hydrogen) atoms. The highest BCUT2D eigenvalue weighted by Gasteiger charge is 2.39. The SMILES string of the molecule is CCO[Si](CCCOc1cccc2cccnc12)(OCC)OCC. The molecule has 0 radical (unpaired) electrons. The molecule has 0 aliphatic carbocycles. The van der Waals surface area contributed by atoms with Crippen molar-refractivity contribution in [1.29, 1.82) is 0 Å². The summed E-state index contributed by atoms with van der Waals surface area (Å²) in [5.41, 5.74) is 0.892. The van der Waals surface area contributed by atoms with E-state index in [1.807, 2.05) is 51.1 Å². The average Bonchev–Trinajstić information content (AvgIpc) is 2.59. The van der Waals surface area contributed by atoms with Crippen LogP contribution in [0.2, 0.25) is 6.04 Å². The van der Waals surface area contributed by atoms with E-state index in [-0.39, 0.29) is 0 Å². The van der Waals surface area contributed by atoms with E-state index in [9.17, 15) is 0 Å². The van der Waals surface area contributed by atoms with Crippen molar-refractivity contribution in [1.82, 2.24) is 4.98 Å². The number of nitrogens with zero attached hydrogens (tertiary/aromatic N) is 1. The second kappa shape index (κ2) is 9.73. The molecule has 1 aromatic heterocycles.